The Labute approximate surface area is 118 Å². The molecule has 2 N–H and O–H groups in total. The number of nitrogens with two attached hydrogens (primary N) is 1. The van der Waals surface area contributed by atoms with Crippen molar-refractivity contribution in [2.24, 2.45) is 0 Å². The van der Waals surface area contributed by atoms with Crippen LogP contribution in [0.15, 0.2) is 28.8 Å². The summed E-state index contributed by atoms with van der Waals surface area (Å²) in [5, 5.41) is 4.00. The van der Waals surface area contributed by atoms with Crippen molar-refractivity contribution in [1.82, 2.24) is 5.16 Å². The predicted molar refractivity (Wildman–Crippen MR) is 78.7 cm³/mol. The van der Waals surface area contributed by atoms with E-state index in [0.717, 1.165) is 35.5 Å². The molecule has 3 rings (SSSR count). The quantitative estimate of drug-likeness (QED) is 0.924. The second kappa shape index (κ2) is 4.85. The standard InChI is InChI=1S/C16H20N2O2/c1-16(8-3-4-9-16)14-13(15(17)18-20-14)11-6-5-7-12(10-11)19-2/h5-7,10H,3-4,8-9H2,1-2H3,(H2,17,18). The monoisotopic (exact) mass is 272 g/mol. The fraction of sp³-hybridized carbons (Fsp3) is 0.438. The zero-order chi connectivity index (χ0) is 14.2. The number of methoxy groups -OCH3 is 1. The van der Waals surface area contributed by atoms with Gasteiger partial charge in [-0.05, 0) is 30.5 Å². The summed E-state index contributed by atoms with van der Waals surface area (Å²) in [5.41, 5.74) is 8.02. The van der Waals surface area contributed by atoms with Gasteiger partial charge in [-0.1, -0.05) is 37.1 Å². The molecular weight excluding hydrogens is 252 g/mol. The minimum Gasteiger partial charge on any atom is -0.497 e. The summed E-state index contributed by atoms with van der Waals surface area (Å²) >= 11 is 0. The highest BCUT2D eigenvalue weighted by Crippen LogP contribution is 2.46. The van der Waals surface area contributed by atoms with Gasteiger partial charge in [-0.15, -0.1) is 0 Å². The third-order valence-corrected chi connectivity index (χ3v) is 4.33. The van der Waals surface area contributed by atoms with Crippen molar-refractivity contribution in [3.8, 4) is 16.9 Å². The van der Waals surface area contributed by atoms with Crippen molar-refractivity contribution < 1.29 is 9.26 Å². The molecule has 0 radical (unpaired) electrons. The Morgan fingerprint density at radius 2 is 2.05 bits per heavy atom. The van der Waals surface area contributed by atoms with E-state index >= 15 is 0 Å². The summed E-state index contributed by atoms with van der Waals surface area (Å²) < 4.78 is 10.9. The molecule has 4 heteroatoms. The SMILES string of the molecule is COc1cccc(-c2c(N)noc2C2(C)CCCC2)c1. The van der Waals surface area contributed by atoms with E-state index in [-0.39, 0.29) is 5.41 Å². The molecule has 20 heavy (non-hydrogen) atoms. The first kappa shape index (κ1) is 13.0. The van der Waals surface area contributed by atoms with Gasteiger partial charge in [0.15, 0.2) is 11.6 Å². The van der Waals surface area contributed by atoms with Gasteiger partial charge in [0, 0.05) is 5.41 Å². The first-order chi connectivity index (χ1) is 9.64. The lowest BCUT2D eigenvalue weighted by Crippen LogP contribution is -2.17. The lowest BCUT2D eigenvalue weighted by molar-refractivity contribution is 0.307. The average molecular weight is 272 g/mol. The molecule has 0 atom stereocenters. The molecule has 0 spiro atoms. The van der Waals surface area contributed by atoms with Crippen LogP contribution in [0.5, 0.6) is 5.75 Å². The Kier molecular flexibility index (Phi) is 3.16. The molecular formula is C16H20N2O2. The van der Waals surface area contributed by atoms with Gasteiger partial charge in [0.25, 0.3) is 0 Å². The number of nitrogen functional groups attached to an aromatic ring is 1. The van der Waals surface area contributed by atoms with Gasteiger partial charge in [0.05, 0.1) is 12.7 Å². The highest BCUT2D eigenvalue weighted by atomic mass is 16.5. The number of aromatic nitrogens is 1. The van der Waals surface area contributed by atoms with Gasteiger partial charge >= 0.3 is 0 Å². The van der Waals surface area contributed by atoms with Crippen molar-refractivity contribution in [3.05, 3.63) is 30.0 Å². The first-order valence-electron chi connectivity index (χ1n) is 7.04. The van der Waals surface area contributed by atoms with Gasteiger partial charge in [0.1, 0.15) is 5.75 Å². The van der Waals surface area contributed by atoms with Gasteiger partial charge in [-0.2, -0.15) is 0 Å². The molecule has 1 aliphatic rings. The average Bonchev–Trinajstić information content (AvgIpc) is 3.06. The summed E-state index contributed by atoms with van der Waals surface area (Å²) in [6, 6.07) is 7.88. The summed E-state index contributed by atoms with van der Waals surface area (Å²) in [7, 11) is 1.66. The van der Waals surface area contributed by atoms with Gasteiger partial charge in [-0.3, -0.25) is 0 Å². The van der Waals surface area contributed by atoms with Gasteiger partial charge in [0.2, 0.25) is 0 Å². The second-order valence-electron chi connectivity index (χ2n) is 5.77. The molecule has 0 unspecified atom stereocenters. The topological polar surface area (TPSA) is 61.3 Å². The Bertz CT molecular complexity index is 613. The van der Waals surface area contributed by atoms with Crippen LogP contribution < -0.4 is 10.5 Å². The number of benzene rings is 1. The zero-order valence-electron chi connectivity index (χ0n) is 12.0. The molecule has 1 aliphatic carbocycles. The summed E-state index contributed by atoms with van der Waals surface area (Å²) in [5.74, 6) is 2.19. The van der Waals surface area contributed by atoms with Gasteiger partial charge in [-0.25, -0.2) is 0 Å². The molecule has 0 saturated heterocycles. The Morgan fingerprint density at radius 1 is 1.30 bits per heavy atom. The normalized spacial score (nSPS) is 17.3. The number of ether oxygens (including phenoxy) is 1. The fourth-order valence-corrected chi connectivity index (χ4v) is 3.15. The van der Waals surface area contributed by atoms with Crippen LogP contribution >= 0.6 is 0 Å². The van der Waals surface area contributed by atoms with E-state index in [1.54, 1.807) is 7.11 Å². The van der Waals surface area contributed by atoms with Crippen LogP contribution in [0.3, 0.4) is 0 Å². The molecule has 0 aliphatic heterocycles. The minimum atomic E-state index is 0.0447. The van der Waals surface area contributed by atoms with E-state index < -0.39 is 0 Å². The Morgan fingerprint density at radius 3 is 2.75 bits per heavy atom. The van der Waals surface area contributed by atoms with Crippen molar-refractivity contribution >= 4 is 5.82 Å². The summed E-state index contributed by atoms with van der Waals surface area (Å²) in [6.45, 7) is 2.24. The third-order valence-electron chi connectivity index (χ3n) is 4.33. The van der Waals surface area contributed by atoms with Crippen molar-refractivity contribution in [2.45, 2.75) is 38.0 Å². The maximum absolute atomic E-state index is 6.05. The van der Waals surface area contributed by atoms with E-state index in [1.165, 1.54) is 12.8 Å². The molecule has 4 nitrogen and oxygen atoms in total. The molecule has 1 heterocycles. The van der Waals surface area contributed by atoms with Gasteiger partial charge < -0.3 is 15.0 Å². The van der Waals surface area contributed by atoms with Crippen LogP contribution in [-0.4, -0.2) is 12.3 Å². The van der Waals surface area contributed by atoms with E-state index in [9.17, 15) is 0 Å². The van der Waals surface area contributed by atoms with Crippen LogP contribution in [0.4, 0.5) is 5.82 Å². The minimum absolute atomic E-state index is 0.0447. The largest absolute Gasteiger partial charge is 0.497 e. The number of nitrogens with zero attached hydrogens (tertiary/aromatic N) is 1. The maximum atomic E-state index is 6.05. The number of hydrogen-bond acceptors (Lipinski definition) is 4. The second-order valence-corrected chi connectivity index (χ2v) is 5.77. The van der Waals surface area contributed by atoms with Crippen LogP contribution in [0.25, 0.3) is 11.1 Å². The lowest BCUT2D eigenvalue weighted by Gasteiger charge is -2.21. The van der Waals surface area contributed by atoms with Crippen molar-refractivity contribution in [3.63, 3.8) is 0 Å². The highest BCUT2D eigenvalue weighted by Gasteiger charge is 2.37. The third kappa shape index (κ3) is 2.05. The molecule has 0 amide bonds. The Hall–Kier alpha value is -1.97. The summed E-state index contributed by atoms with van der Waals surface area (Å²) in [4.78, 5) is 0. The molecule has 0 bridgehead atoms. The maximum Gasteiger partial charge on any atom is 0.175 e. The zero-order valence-corrected chi connectivity index (χ0v) is 12.0. The molecule has 1 fully saturated rings. The van der Waals surface area contributed by atoms with Crippen LogP contribution in [0.1, 0.15) is 38.4 Å². The molecule has 106 valence electrons. The molecule has 1 saturated carbocycles. The van der Waals surface area contributed by atoms with Crippen molar-refractivity contribution in [2.75, 3.05) is 12.8 Å². The van der Waals surface area contributed by atoms with E-state index in [0.29, 0.717) is 5.82 Å². The van der Waals surface area contributed by atoms with E-state index in [2.05, 4.69) is 12.1 Å². The molecule has 1 aromatic heterocycles. The van der Waals surface area contributed by atoms with Crippen molar-refractivity contribution in [1.29, 1.82) is 0 Å². The first-order valence-corrected chi connectivity index (χ1v) is 7.04. The summed E-state index contributed by atoms with van der Waals surface area (Å²) in [6.07, 6.45) is 4.71. The molecule has 1 aromatic carbocycles. The van der Waals surface area contributed by atoms with Crippen LogP contribution in [-0.2, 0) is 5.41 Å². The smallest absolute Gasteiger partial charge is 0.175 e. The molecule has 2 aromatic rings. The Balaban J connectivity index is 2.11. The number of hydrogen-bond donors (Lipinski definition) is 1. The predicted octanol–water partition coefficient (Wildman–Crippen LogP) is 3.76. The fourth-order valence-electron chi connectivity index (χ4n) is 3.15. The number of rotatable bonds is 3. The number of anilines is 1. The van der Waals surface area contributed by atoms with Crippen LogP contribution in [0.2, 0.25) is 0 Å². The highest BCUT2D eigenvalue weighted by molar-refractivity contribution is 5.77. The van der Waals surface area contributed by atoms with Crippen LogP contribution in [0, 0.1) is 0 Å². The van der Waals surface area contributed by atoms with E-state index in [1.807, 2.05) is 24.3 Å². The van der Waals surface area contributed by atoms with E-state index in [4.69, 9.17) is 15.0 Å². The lowest BCUT2D eigenvalue weighted by atomic mass is 9.82.